The van der Waals surface area contributed by atoms with Gasteiger partial charge in [0.05, 0.1) is 6.42 Å². The van der Waals surface area contributed by atoms with Crippen LogP contribution in [0.25, 0.3) is 12.2 Å². The summed E-state index contributed by atoms with van der Waals surface area (Å²) >= 11 is 0. The van der Waals surface area contributed by atoms with Gasteiger partial charge in [0.2, 0.25) is 6.10 Å². The average Bonchev–Trinajstić information content (AvgIpc) is 2.75. The standard InChI is InChI=1S/C23H20O10/c24-16-7-1-14(2-8-16)5-11-20(28)32-18(13-19(26)27)22(23(30)31)33-21(29)12-6-15-3-9-17(25)10-4-15/h1-12,18,22,24-25H,13H2,(H,26,27)(H,30,31)/b11-5+,12-6+. The molecule has 4 N–H and O–H groups in total. The number of rotatable bonds is 10. The van der Waals surface area contributed by atoms with Gasteiger partial charge in [0.1, 0.15) is 11.5 Å². The number of aliphatic carboxylic acids is 2. The summed E-state index contributed by atoms with van der Waals surface area (Å²) in [6.07, 6.45) is -0.363. The first-order chi connectivity index (χ1) is 15.6. The lowest BCUT2D eigenvalue weighted by Gasteiger charge is -2.21. The molecule has 2 atom stereocenters. The maximum absolute atomic E-state index is 12.1. The van der Waals surface area contributed by atoms with Crippen LogP contribution in [0.4, 0.5) is 0 Å². The molecule has 0 saturated carbocycles. The highest BCUT2D eigenvalue weighted by Gasteiger charge is 2.36. The summed E-state index contributed by atoms with van der Waals surface area (Å²) < 4.78 is 9.77. The van der Waals surface area contributed by atoms with E-state index in [-0.39, 0.29) is 11.5 Å². The van der Waals surface area contributed by atoms with Gasteiger partial charge in [-0.3, -0.25) is 4.79 Å². The van der Waals surface area contributed by atoms with Crippen molar-refractivity contribution in [3.8, 4) is 11.5 Å². The largest absolute Gasteiger partial charge is 0.508 e. The third-order valence-corrected chi connectivity index (χ3v) is 4.08. The minimum absolute atomic E-state index is 0.0125. The molecule has 0 aliphatic carbocycles. The molecule has 10 heteroatoms. The van der Waals surface area contributed by atoms with E-state index in [4.69, 9.17) is 14.6 Å². The first-order valence-electron chi connectivity index (χ1n) is 9.44. The predicted octanol–water partition coefficient (Wildman–Crippen LogP) is 2.21. The number of benzene rings is 2. The summed E-state index contributed by atoms with van der Waals surface area (Å²) in [5, 5.41) is 37.0. The van der Waals surface area contributed by atoms with Crippen molar-refractivity contribution in [1.29, 1.82) is 0 Å². The van der Waals surface area contributed by atoms with Crippen LogP contribution in [-0.4, -0.2) is 56.5 Å². The lowest BCUT2D eigenvalue weighted by molar-refractivity contribution is -0.177. The van der Waals surface area contributed by atoms with Gasteiger partial charge in [0.25, 0.3) is 0 Å². The number of carboxylic acids is 2. The highest BCUT2D eigenvalue weighted by atomic mass is 16.6. The zero-order valence-corrected chi connectivity index (χ0v) is 17.0. The topological polar surface area (TPSA) is 168 Å². The maximum atomic E-state index is 12.1. The Kier molecular flexibility index (Phi) is 8.75. The SMILES string of the molecule is O=C(O)CC(OC(=O)/C=C/c1ccc(O)cc1)C(OC(=O)/C=C/c1ccc(O)cc1)C(=O)O. The quantitative estimate of drug-likeness (QED) is 0.307. The monoisotopic (exact) mass is 456 g/mol. The van der Waals surface area contributed by atoms with Crippen molar-refractivity contribution < 1.29 is 49.1 Å². The van der Waals surface area contributed by atoms with Crippen LogP contribution in [0.15, 0.2) is 60.7 Å². The van der Waals surface area contributed by atoms with Gasteiger partial charge in [-0.05, 0) is 47.5 Å². The molecule has 2 rings (SSSR count). The molecule has 2 unspecified atom stereocenters. The smallest absolute Gasteiger partial charge is 0.349 e. The molecule has 10 nitrogen and oxygen atoms in total. The molecule has 0 bridgehead atoms. The molecule has 33 heavy (non-hydrogen) atoms. The number of carbonyl (C=O) groups excluding carboxylic acids is 2. The van der Waals surface area contributed by atoms with Gasteiger partial charge in [-0.2, -0.15) is 0 Å². The fraction of sp³-hybridized carbons (Fsp3) is 0.130. The summed E-state index contributed by atoms with van der Waals surface area (Å²) in [5.41, 5.74) is 1.02. The minimum Gasteiger partial charge on any atom is -0.508 e. The molecule has 0 amide bonds. The number of esters is 2. The number of ether oxygens (including phenoxy) is 2. The first-order valence-corrected chi connectivity index (χ1v) is 9.44. The van der Waals surface area contributed by atoms with Crippen LogP contribution >= 0.6 is 0 Å². The van der Waals surface area contributed by atoms with Crippen molar-refractivity contribution in [2.45, 2.75) is 18.6 Å². The van der Waals surface area contributed by atoms with Crippen LogP contribution in [0.2, 0.25) is 0 Å². The third-order valence-electron chi connectivity index (χ3n) is 4.08. The third kappa shape index (κ3) is 8.58. The second-order valence-corrected chi connectivity index (χ2v) is 6.62. The molecule has 0 saturated heterocycles. The number of phenols is 2. The lowest BCUT2D eigenvalue weighted by atomic mass is 10.1. The Balaban J connectivity index is 2.10. The zero-order chi connectivity index (χ0) is 24.4. The van der Waals surface area contributed by atoms with Crippen molar-refractivity contribution in [2.75, 3.05) is 0 Å². The van der Waals surface area contributed by atoms with Crippen LogP contribution in [0.3, 0.4) is 0 Å². The Morgan fingerprint density at radius 2 is 1.15 bits per heavy atom. The molecule has 0 heterocycles. The van der Waals surface area contributed by atoms with Crippen molar-refractivity contribution in [2.24, 2.45) is 0 Å². The van der Waals surface area contributed by atoms with Crippen LogP contribution in [0.1, 0.15) is 17.5 Å². The molecule has 0 aromatic heterocycles. The van der Waals surface area contributed by atoms with Crippen LogP contribution < -0.4 is 0 Å². The van der Waals surface area contributed by atoms with Gasteiger partial charge in [-0.1, -0.05) is 24.3 Å². The summed E-state index contributed by atoms with van der Waals surface area (Å²) in [7, 11) is 0. The molecule has 2 aromatic rings. The molecule has 0 radical (unpaired) electrons. The Labute approximate surface area is 187 Å². The highest BCUT2D eigenvalue weighted by Crippen LogP contribution is 2.15. The van der Waals surface area contributed by atoms with Crippen LogP contribution in [-0.2, 0) is 28.7 Å². The Hall–Kier alpha value is -4.60. The van der Waals surface area contributed by atoms with Gasteiger partial charge in [-0.15, -0.1) is 0 Å². The van der Waals surface area contributed by atoms with Gasteiger partial charge < -0.3 is 29.9 Å². The molecular weight excluding hydrogens is 436 g/mol. The van der Waals surface area contributed by atoms with Crippen molar-refractivity contribution in [3.63, 3.8) is 0 Å². The summed E-state index contributed by atoms with van der Waals surface area (Å²) in [5.74, 6) is -5.32. The first kappa shape index (κ1) is 24.7. The number of phenolic OH excluding ortho intramolecular Hbond substituents is 2. The van der Waals surface area contributed by atoms with E-state index in [0.717, 1.165) is 12.2 Å². The molecule has 0 aliphatic heterocycles. The minimum atomic E-state index is -2.08. The average molecular weight is 456 g/mol. The number of carbonyl (C=O) groups is 4. The van der Waals surface area contributed by atoms with E-state index in [2.05, 4.69) is 0 Å². The van der Waals surface area contributed by atoms with Crippen molar-refractivity contribution >= 4 is 36.0 Å². The number of hydrogen-bond donors (Lipinski definition) is 4. The zero-order valence-electron chi connectivity index (χ0n) is 17.0. The fourth-order valence-electron chi connectivity index (χ4n) is 2.52. The van der Waals surface area contributed by atoms with E-state index in [9.17, 15) is 34.5 Å². The fourth-order valence-corrected chi connectivity index (χ4v) is 2.52. The van der Waals surface area contributed by atoms with Gasteiger partial charge in [-0.25, -0.2) is 14.4 Å². The summed E-state index contributed by atoms with van der Waals surface area (Å²) in [6, 6.07) is 11.5. The lowest BCUT2D eigenvalue weighted by Crippen LogP contribution is -2.42. The molecule has 0 spiro atoms. The number of aromatic hydroxyl groups is 2. The van der Waals surface area contributed by atoms with Crippen molar-refractivity contribution in [3.05, 3.63) is 71.8 Å². The Morgan fingerprint density at radius 1 is 0.727 bits per heavy atom. The molecule has 172 valence electrons. The maximum Gasteiger partial charge on any atom is 0.349 e. The molecular formula is C23H20O10. The van der Waals surface area contributed by atoms with Gasteiger partial charge in [0.15, 0.2) is 6.10 Å². The normalized spacial score (nSPS) is 12.8. The van der Waals surface area contributed by atoms with Crippen molar-refractivity contribution in [1.82, 2.24) is 0 Å². The number of hydrogen-bond acceptors (Lipinski definition) is 8. The van der Waals surface area contributed by atoms with Crippen LogP contribution in [0, 0.1) is 0 Å². The van der Waals surface area contributed by atoms with E-state index in [1.54, 1.807) is 0 Å². The van der Waals surface area contributed by atoms with Gasteiger partial charge in [0, 0.05) is 12.2 Å². The Bertz CT molecular complexity index is 1050. The second-order valence-electron chi connectivity index (χ2n) is 6.62. The van der Waals surface area contributed by atoms with Crippen LogP contribution in [0.5, 0.6) is 11.5 Å². The van der Waals surface area contributed by atoms with E-state index in [1.165, 1.54) is 60.7 Å². The highest BCUT2D eigenvalue weighted by molar-refractivity contribution is 5.90. The summed E-state index contributed by atoms with van der Waals surface area (Å²) in [4.78, 5) is 46.9. The predicted molar refractivity (Wildman–Crippen MR) is 114 cm³/mol. The number of carboxylic acid groups (broad SMARTS) is 2. The van der Waals surface area contributed by atoms with E-state index in [1.807, 2.05) is 0 Å². The Morgan fingerprint density at radius 3 is 1.55 bits per heavy atom. The second kappa shape index (κ2) is 11.7. The summed E-state index contributed by atoms with van der Waals surface area (Å²) in [6.45, 7) is 0. The van der Waals surface area contributed by atoms with E-state index >= 15 is 0 Å². The van der Waals surface area contributed by atoms with Gasteiger partial charge >= 0.3 is 23.9 Å². The van der Waals surface area contributed by atoms with E-state index in [0.29, 0.717) is 11.1 Å². The molecule has 0 fully saturated rings. The molecule has 2 aromatic carbocycles. The van der Waals surface area contributed by atoms with E-state index < -0.39 is 42.5 Å². The molecule has 0 aliphatic rings.